The summed E-state index contributed by atoms with van der Waals surface area (Å²) in [6.07, 6.45) is 3.07. The first-order valence-electron chi connectivity index (χ1n) is 7.40. The van der Waals surface area contributed by atoms with Gasteiger partial charge in [0.1, 0.15) is 11.4 Å². The van der Waals surface area contributed by atoms with Crippen LogP contribution in [-0.4, -0.2) is 27.9 Å². The number of rotatable bonds is 4. The number of halogens is 2. The molecule has 0 saturated carbocycles. The number of hydrogen-bond donors (Lipinski definition) is 0. The summed E-state index contributed by atoms with van der Waals surface area (Å²) in [7, 11) is 0. The van der Waals surface area contributed by atoms with E-state index in [1.54, 1.807) is 20.8 Å². The molecule has 0 spiro atoms. The van der Waals surface area contributed by atoms with E-state index in [1.807, 2.05) is 0 Å². The lowest BCUT2D eigenvalue weighted by Gasteiger charge is -2.27. The van der Waals surface area contributed by atoms with Crippen molar-refractivity contribution >= 4 is 18.2 Å². The minimum Gasteiger partial charge on any atom is -0.443 e. The van der Waals surface area contributed by atoms with Gasteiger partial charge in [0, 0.05) is 18.0 Å². The minimum atomic E-state index is -0.875. The number of ether oxygens (including phenoxy) is 1. The maximum atomic E-state index is 14.3. The van der Waals surface area contributed by atoms with Gasteiger partial charge in [-0.15, -0.1) is 0 Å². The third-order valence-corrected chi connectivity index (χ3v) is 2.95. The zero-order valence-electron chi connectivity index (χ0n) is 14.0. The Morgan fingerprint density at radius 1 is 1.24 bits per heavy atom. The molecule has 1 amide bonds. The number of carbonyl (C=O) groups excluding carboxylic acids is 2. The van der Waals surface area contributed by atoms with Crippen molar-refractivity contribution in [3.05, 3.63) is 53.5 Å². The summed E-state index contributed by atoms with van der Waals surface area (Å²) in [4.78, 5) is 31.6. The number of carbonyl (C=O) groups is 2. The molecule has 0 aromatic carbocycles. The third-order valence-electron chi connectivity index (χ3n) is 2.95. The molecule has 0 atom stereocenters. The highest BCUT2D eigenvalue weighted by Gasteiger charge is 2.27. The molecule has 2 aromatic heterocycles. The molecule has 0 aliphatic rings. The molecule has 0 aliphatic carbocycles. The molecule has 6 nitrogen and oxygen atoms in total. The van der Waals surface area contributed by atoms with Crippen molar-refractivity contribution in [2.45, 2.75) is 32.9 Å². The lowest BCUT2D eigenvalue weighted by atomic mass is 10.2. The van der Waals surface area contributed by atoms with Crippen LogP contribution >= 0.6 is 0 Å². The minimum absolute atomic E-state index is 0.0258. The first kappa shape index (κ1) is 18.4. The van der Waals surface area contributed by atoms with E-state index in [0.29, 0.717) is 11.8 Å². The average molecular weight is 349 g/mol. The predicted octanol–water partition coefficient (Wildman–Crippen LogP) is 3.51. The van der Waals surface area contributed by atoms with Crippen LogP contribution in [0.3, 0.4) is 0 Å². The topological polar surface area (TPSA) is 72.4 Å². The largest absolute Gasteiger partial charge is 0.443 e. The lowest BCUT2D eigenvalue weighted by Crippen LogP contribution is -2.37. The summed E-state index contributed by atoms with van der Waals surface area (Å²) >= 11 is 0. The number of anilines is 1. The molecule has 2 aromatic rings. The van der Waals surface area contributed by atoms with E-state index in [-0.39, 0.29) is 17.9 Å². The van der Waals surface area contributed by atoms with Crippen LogP contribution in [0.5, 0.6) is 0 Å². The van der Waals surface area contributed by atoms with E-state index in [4.69, 9.17) is 4.74 Å². The molecule has 25 heavy (non-hydrogen) atoms. The van der Waals surface area contributed by atoms with Crippen LogP contribution in [0.4, 0.5) is 19.4 Å². The van der Waals surface area contributed by atoms with Crippen molar-refractivity contribution in [2.24, 2.45) is 0 Å². The molecular weight excluding hydrogens is 332 g/mol. The van der Waals surface area contributed by atoms with Crippen molar-refractivity contribution in [3.8, 4) is 0 Å². The molecule has 8 heteroatoms. The Morgan fingerprint density at radius 2 is 1.96 bits per heavy atom. The first-order valence-corrected chi connectivity index (χ1v) is 7.40. The van der Waals surface area contributed by atoms with E-state index in [2.05, 4.69) is 9.97 Å². The fourth-order valence-corrected chi connectivity index (χ4v) is 1.98. The smallest absolute Gasteiger partial charge is 0.416 e. The van der Waals surface area contributed by atoms with Crippen molar-refractivity contribution in [1.29, 1.82) is 0 Å². The maximum Gasteiger partial charge on any atom is 0.416 e. The van der Waals surface area contributed by atoms with Gasteiger partial charge in [-0.05, 0) is 38.5 Å². The molecule has 2 rings (SSSR count). The Hall–Kier alpha value is -2.90. The van der Waals surface area contributed by atoms with Crippen LogP contribution in [0.1, 0.15) is 36.7 Å². The van der Waals surface area contributed by atoms with Gasteiger partial charge in [0.25, 0.3) is 0 Å². The van der Waals surface area contributed by atoms with E-state index in [1.165, 1.54) is 12.3 Å². The molecule has 2 heterocycles. The molecule has 0 aliphatic heterocycles. The summed E-state index contributed by atoms with van der Waals surface area (Å²) in [6, 6.07) is 2.12. The number of hydrogen-bond acceptors (Lipinski definition) is 5. The fraction of sp³-hybridized carbons (Fsp3) is 0.294. The highest BCUT2D eigenvalue weighted by molar-refractivity contribution is 5.87. The number of aldehydes is 1. The van der Waals surface area contributed by atoms with Crippen molar-refractivity contribution < 1.29 is 23.1 Å². The second-order valence-corrected chi connectivity index (χ2v) is 6.27. The quantitative estimate of drug-likeness (QED) is 0.790. The summed E-state index contributed by atoms with van der Waals surface area (Å²) in [5.41, 5.74) is -0.473. The predicted molar refractivity (Wildman–Crippen MR) is 86.2 cm³/mol. The highest BCUT2D eigenvalue weighted by atomic mass is 19.1. The van der Waals surface area contributed by atoms with E-state index >= 15 is 0 Å². The Balaban J connectivity index is 2.41. The zero-order chi connectivity index (χ0) is 18.6. The highest BCUT2D eigenvalue weighted by Crippen LogP contribution is 2.22. The molecule has 0 unspecified atom stereocenters. The monoisotopic (exact) mass is 349 g/mol. The Labute approximate surface area is 143 Å². The van der Waals surface area contributed by atoms with Gasteiger partial charge in [-0.1, -0.05) is 0 Å². The SMILES string of the molecule is CC(C)(C)OC(=O)N(Cc1cncc(F)c1)c1ncc(C=O)cc1F. The molecule has 0 bridgehead atoms. The van der Waals surface area contributed by atoms with Gasteiger partial charge in [0.05, 0.1) is 12.7 Å². The van der Waals surface area contributed by atoms with E-state index < -0.39 is 23.3 Å². The van der Waals surface area contributed by atoms with Crippen LogP contribution < -0.4 is 4.90 Å². The molecule has 0 saturated heterocycles. The van der Waals surface area contributed by atoms with Crippen LogP contribution in [0.15, 0.2) is 30.7 Å². The number of aromatic nitrogens is 2. The molecule has 0 N–H and O–H groups in total. The fourth-order valence-electron chi connectivity index (χ4n) is 1.98. The van der Waals surface area contributed by atoms with Crippen molar-refractivity contribution in [2.75, 3.05) is 4.90 Å². The van der Waals surface area contributed by atoms with E-state index in [9.17, 15) is 18.4 Å². The Kier molecular flexibility index (Phi) is 5.41. The lowest BCUT2D eigenvalue weighted by molar-refractivity contribution is 0.0575. The molecule has 0 radical (unpaired) electrons. The first-order chi connectivity index (χ1) is 11.7. The second-order valence-electron chi connectivity index (χ2n) is 6.27. The van der Waals surface area contributed by atoms with Gasteiger partial charge >= 0.3 is 6.09 Å². The van der Waals surface area contributed by atoms with Gasteiger partial charge in [-0.2, -0.15) is 0 Å². The zero-order valence-corrected chi connectivity index (χ0v) is 14.0. The summed E-state index contributed by atoms with van der Waals surface area (Å²) in [5, 5.41) is 0. The van der Waals surface area contributed by atoms with Crippen LogP contribution in [0.2, 0.25) is 0 Å². The average Bonchev–Trinajstić information content (AvgIpc) is 2.51. The standard InChI is InChI=1S/C17H17F2N3O3/c1-17(2,3)25-16(24)22(9-11-4-13(18)8-20-6-11)15-14(19)5-12(10-23)7-21-15/h4-8,10H,9H2,1-3H3. The summed E-state index contributed by atoms with van der Waals surface area (Å²) in [6.45, 7) is 4.77. The Bertz CT molecular complexity index is 791. The maximum absolute atomic E-state index is 14.3. The van der Waals surface area contributed by atoms with Gasteiger partial charge < -0.3 is 4.74 Å². The van der Waals surface area contributed by atoms with Crippen molar-refractivity contribution in [1.82, 2.24) is 9.97 Å². The second kappa shape index (κ2) is 7.33. The van der Waals surface area contributed by atoms with Crippen LogP contribution in [0.25, 0.3) is 0 Å². The van der Waals surface area contributed by atoms with Gasteiger partial charge in [0.15, 0.2) is 17.9 Å². The third kappa shape index (κ3) is 5.03. The van der Waals surface area contributed by atoms with Crippen molar-refractivity contribution in [3.63, 3.8) is 0 Å². The van der Waals surface area contributed by atoms with Crippen LogP contribution in [-0.2, 0) is 11.3 Å². The van der Waals surface area contributed by atoms with Gasteiger partial charge in [-0.25, -0.2) is 18.6 Å². The number of nitrogens with zero attached hydrogens (tertiary/aromatic N) is 3. The summed E-state index contributed by atoms with van der Waals surface area (Å²) in [5.74, 6) is -1.80. The van der Waals surface area contributed by atoms with Gasteiger partial charge in [-0.3, -0.25) is 14.7 Å². The van der Waals surface area contributed by atoms with E-state index in [0.717, 1.165) is 23.4 Å². The van der Waals surface area contributed by atoms with Gasteiger partial charge in [0.2, 0.25) is 0 Å². The van der Waals surface area contributed by atoms with Crippen LogP contribution in [0, 0.1) is 11.6 Å². The number of pyridine rings is 2. The number of amides is 1. The Morgan fingerprint density at radius 3 is 2.52 bits per heavy atom. The summed E-state index contributed by atoms with van der Waals surface area (Å²) < 4.78 is 32.9. The molecular formula is C17H17F2N3O3. The normalized spacial score (nSPS) is 11.1. The molecule has 0 fully saturated rings. The molecule has 132 valence electrons.